The van der Waals surface area contributed by atoms with Crippen LogP contribution in [-0.4, -0.2) is 26.5 Å². The van der Waals surface area contributed by atoms with Crippen molar-refractivity contribution in [2.45, 2.75) is 64.8 Å². The van der Waals surface area contributed by atoms with Gasteiger partial charge >= 0.3 is 5.97 Å². The number of hydrogen-bond acceptors (Lipinski definition) is 3. The van der Waals surface area contributed by atoms with Crippen LogP contribution in [0.25, 0.3) is 0 Å². The zero-order chi connectivity index (χ0) is 18.1. The average Bonchev–Trinajstić information content (AvgIpc) is 2.43. The van der Waals surface area contributed by atoms with Crippen LogP contribution in [-0.2, 0) is 14.0 Å². The molecule has 1 atom stereocenters. The van der Waals surface area contributed by atoms with Gasteiger partial charge in [0.15, 0.2) is 13.9 Å². The van der Waals surface area contributed by atoms with Gasteiger partial charge < -0.3 is 9.16 Å². The van der Waals surface area contributed by atoms with Crippen molar-refractivity contribution in [3.63, 3.8) is 0 Å². The summed E-state index contributed by atoms with van der Waals surface area (Å²) in [4.78, 5) is 11.6. The second-order valence-corrected chi connectivity index (χ2v) is 11.4. The molecule has 0 saturated heterocycles. The first-order valence-corrected chi connectivity index (χ1v) is 10.7. The lowest BCUT2D eigenvalue weighted by atomic mass is 10.0. The lowest BCUT2D eigenvalue weighted by Crippen LogP contribution is -2.48. The summed E-state index contributed by atoms with van der Waals surface area (Å²) >= 11 is 0. The Morgan fingerprint density at radius 3 is 2.35 bits per heavy atom. The quantitative estimate of drug-likeness (QED) is 0.250. The molecule has 0 N–H and O–H groups in total. The summed E-state index contributed by atoms with van der Waals surface area (Å²) in [6.45, 7) is 14.5. The van der Waals surface area contributed by atoms with Crippen LogP contribution in [0.3, 0.4) is 0 Å². The first-order valence-electron chi connectivity index (χ1n) is 7.77. The van der Waals surface area contributed by atoms with E-state index in [1.807, 2.05) is 6.92 Å². The fourth-order valence-electron chi connectivity index (χ4n) is 1.47. The molecule has 0 bridgehead atoms. The van der Waals surface area contributed by atoms with Gasteiger partial charge in [-0.05, 0) is 50.1 Å². The molecular formula is C19H28O3Si. The molecule has 3 nitrogen and oxygen atoms in total. The maximum atomic E-state index is 11.6. The summed E-state index contributed by atoms with van der Waals surface area (Å²) in [5.74, 6) is 7.33. The van der Waals surface area contributed by atoms with Crippen LogP contribution in [0.15, 0.2) is 17.9 Å². The van der Waals surface area contributed by atoms with E-state index in [0.717, 1.165) is 0 Å². The van der Waals surface area contributed by atoms with E-state index < -0.39 is 19.9 Å². The molecule has 0 heterocycles. The zero-order valence-electron chi connectivity index (χ0n) is 15.4. The van der Waals surface area contributed by atoms with Gasteiger partial charge in [0.05, 0.1) is 6.61 Å². The predicted molar refractivity (Wildman–Crippen MR) is 97.2 cm³/mol. The van der Waals surface area contributed by atoms with E-state index in [-0.39, 0.29) is 11.6 Å². The number of carbonyl (C=O) groups excluding carboxylic acids is 1. The number of terminal acetylenes is 1. The molecule has 0 aliphatic heterocycles. The predicted octanol–water partition coefficient (Wildman–Crippen LogP) is 4.07. The van der Waals surface area contributed by atoms with Crippen molar-refractivity contribution in [1.29, 1.82) is 0 Å². The lowest BCUT2D eigenvalue weighted by molar-refractivity contribution is -0.136. The Hall–Kier alpha value is -1.71. The highest BCUT2D eigenvalue weighted by Crippen LogP contribution is 2.39. The smallest absolute Gasteiger partial charge is 0.384 e. The minimum absolute atomic E-state index is 0.0228. The Kier molecular flexibility index (Phi) is 8.14. The third-order valence-corrected chi connectivity index (χ3v) is 8.26. The fourth-order valence-corrected chi connectivity index (χ4v) is 2.84. The molecule has 0 saturated carbocycles. The summed E-state index contributed by atoms with van der Waals surface area (Å²) in [7, 11) is -2.17. The normalized spacial score (nSPS) is 13.5. The van der Waals surface area contributed by atoms with Gasteiger partial charge in [-0.15, -0.1) is 12.2 Å². The van der Waals surface area contributed by atoms with Gasteiger partial charge in [0.1, 0.15) is 0 Å². The van der Waals surface area contributed by atoms with Crippen molar-refractivity contribution in [3.8, 4) is 24.2 Å². The van der Waals surface area contributed by atoms with E-state index in [2.05, 4.69) is 57.4 Å². The van der Waals surface area contributed by atoms with Gasteiger partial charge in [-0.2, -0.15) is 0 Å². The topological polar surface area (TPSA) is 35.5 Å². The Morgan fingerprint density at radius 1 is 1.30 bits per heavy atom. The molecule has 4 heteroatoms. The molecule has 1 unspecified atom stereocenters. The van der Waals surface area contributed by atoms with E-state index in [9.17, 15) is 4.79 Å². The van der Waals surface area contributed by atoms with Crippen LogP contribution in [0.2, 0.25) is 18.1 Å². The van der Waals surface area contributed by atoms with Gasteiger partial charge in [-0.1, -0.05) is 26.7 Å². The molecule has 0 fully saturated rings. The molecule has 0 rings (SSSR count). The van der Waals surface area contributed by atoms with Crippen molar-refractivity contribution in [3.05, 3.63) is 17.9 Å². The van der Waals surface area contributed by atoms with Crippen LogP contribution >= 0.6 is 0 Å². The summed E-state index contributed by atoms with van der Waals surface area (Å²) in [5, 5.41) is -0.0228. The standard InChI is InChI=1S/C19H28O3Si/c1-9-12-13-15-19(10-2,16-14-17(20)21-11-3)22-23(7,8)18(4,5)6/h2,9,13H,11,15H2,1,3-8H3. The Bertz CT molecular complexity index is 572. The maximum Gasteiger partial charge on any atom is 0.384 e. The highest BCUT2D eigenvalue weighted by molar-refractivity contribution is 6.74. The van der Waals surface area contributed by atoms with Crippen LogP contribution < -0.4 is 0 Å². The van der Waals surface area contributed by atoms with Crippen LogP contribution in [0.4, 0.5) is 0 Å². The maximum absolute atomic E-state index is 11.6. The summed E-state index contributed by atoms with van der Waals surface area (Å²) < 4.78 is 11.2. The molecule has 0 aliphatic rings. The molecule has 0 radical (unpaired) electrons. The van der Waals surface area contributed by atoms with E-state index in [0.29, 0.717) is 6.42 Å². The number of esters is 1. The molecule has 0 aliphatic carbocycles. The molecule has 0 aromatic carbocycles. The minimum atomic E-state index is -2.17. The van der Waals surface area contributed by atoms with Crippen LogP contribution in [0, 0.1) is 24.2 Å². The first kappa shape index (κ1) is 21.3. The Labute approximate surface area is 142 Å². The van der Waals surface area contributed by atoms with Gasteiger partial charge in [0, 0.05) is 12.3 Å². The number of ether oxygens (including phenoxy) is 1. The van der Waals surface area contributed by atoms with E-state index in [4.69, 9.17) is 15.6 Å². The van der Waals surface area contributed by atoms with Crippen LogP contribution in [0.5, 0.6) is 0 Å². The monoisotopic (exact) mass is 332 g/mol. The third kappa shape index (κ3) is 6.93. The van der Waals surface area contributed by atoms with Crippen molar-refractivity contribution in [1.82, 2.24) is 0 Å². The van der Waals surface area contributed by atoms with Gasteiger partial charge in [-0.25, -0.2) is 4.79 Å². The second kappa shape index (κ2) is 8.80. The average molecular weight is 333 g/mol. The Balaban J connectivity index is 5.74. The van der Waals surface area contributed by atoms with Crippen molar-refractivity contribution in [2.24, 2.45) is 0 Å². The van der Waals surface area contributed by atoms with Crippen molar-refractivity contribution in [2.75, 3.05) is 6.61 Å². The van der Waals surface area contributed by atoms with Gasteiger partial charge in [-0.3, -0.25) is 0 Å². The molecule has 0 amide bonds. The summed E-state index contributed by atoms with van der Waals surface area (Å²) in [6.07, 6.45) is 9.67. The van der Waals surface area contributed by atoms with Crippen molar-refractivity contribution < 1.29 is 14.0 Å². The molecular weight excluding hydrogens is 304 g/mol. The number of carbonyl (C=O) groups is 1. The summed E-state index contributed by atoms with van der Waals surface area (Å²) in [5.41, 5.74) is 1.83. The number of hydrogen-bond donors (Lipinski definition) is 0. The first-order chi connectivity index (χ1) is 10.5. The lowest BCUT2D eigenvalue weighted by Gasteiger charge is -2.41. The molecule has 23 heavy (non-hydrogen) atoms. The second-order valence-electron chi connectivity index (χ2n) is 6.67. The molecule has 0 aromatic rings. The van der Waals surface area contributed by atoms with Crippen LogP contribution in [0.1, 0.15) is 41.0 Å². The summed E-state index contributed by atoms with van der Waals surface area (Å²) in [6, 6.07) is 0. The van der Waals surface area contributed by atoms with E-state index >= 15 is 0 Å². The SMILES string of the molecule is C#CC(C#CC(=O)OCC)(CC=C=CC)O[Si](C)(C)C(C)(C)C. The molecule has 0 aromatic heterocycles. The van der Waals surface area contributed by atoms with E-state index in [1.54, 1.807) is 19.1 Å². The number of rotatable bonds is 5. The zero-order valence-corrected chi connectivity index (χ0v) is 16.4. The third-order valence-electron chi connectivity index (χ3n) is 3.78. The van der Waals surface area contributed by atoms with Gasteiger partial charge in [0.2, 0.25) is 0 Å². The largest absolute Gasteiger partial charge is 0.456 e. The minimum Gasteiger partial charge on any atom is -0.456 e. The van der Waals surface area contributed by atoms with Gasteiger partial charge in [0.25, 0.3) is 0 Å². The molecule has 126 valence electrons. The highest BCUT2D eigenvalue weighted by atomic mass is 28.4. The highest BCUT2D eigenvalue weighted by Gasteiger charge is 2.43. The molecule has 0 spiro atoms. The van der Waals surface area contributed by atoms with Crippen molar-refractivity contribution >= 4 is 14.3 Å². The fraction of sp³-hybridized carbons (Fsp3) is 0.579. The van der Waals surface area contributed by atoms with E-state index in [1.165, 1.54) is 0 Å². The Morgan fingerprint density at radius 2 is 1.91 bits per heavy atom.